The van der Waals surface area contributed by atoms with Crippen molar-refractivity contribution in [3.05, 3.63) is 11.4 Å². The van der Waals surface area contributed by atoms with Crippen LogP contribution in [0.15, 0.2) is 0 Å². The molecule has 0 spiro atoms. The minimum atomic E-state index is -0.0560. The monoisotopic (exact) mass is 253 g/mol. The van der Waals surface area contributed by atoms with E-state index in [2.05, 4.69) is 29.0 Å². The largest absolute Gasteiger partial charge is 0.383 e. The molecule has 0 aromatic carbocycles. The summed E-state index contributed by atoms with van der Waals surface area (Å²) in [5.74, 6) is 0.621. The molecule has 2 N–H and O–H groups in total. The number of rotatable bonds is 7. The van der Waals surface area contributed by atoms with Gasteiger partial charge in [-0.15, -0.1) is 5.10 Å². The number of nitrogens with two attached hydrogens (primary N) is 1. The maximum Gasteiger partial charge on any atom is 0.245 e. The molecule has 0 radical (unpaired) electrons. The predicted molar refractivity (Wildman–Crippen MR) is 71.7 cm³/mol. The second kappa shape index (κ2) is 7.23. The zero-order chi connectivity index (χ0) is 13.5. The van der Waals surface area contributed by atoms with E-state index in [1.807, 2.05) is 11.9 Å². The van der Waals surface area contributed by atoms with Crippen LogP contribution < -0.4 is 10.6 Å². The predicted octanol–water partition coefficient (Wildman–Crippen LogP) is 0.406. The maximum atomic E-state index is 5.91. The van der Waals surface area contributed by atoms with Gasteiger partial charge >= 0.3 is 0 Å². The second-order valence-corrected chi connectivity index (χ2v) is 4.31. The number of methoxy groups -OCH3 is 1. The van der Waals surface area contributed by atoms with Crippen LogP contribution in [0.25, 0.3) is 0 Å². The number of aryl methyl sites for hydroxylation is 2. The molecule has 1 rings (SSSR count). The highest BCUT2D eigenvalue weighted by atomic mass is 16.5. The molecule has 1 aromatic rings. The molecule has 0 amide bonds. The van der Waals surface area contributed by atoms with E-state index < -0.39 is 0 Å². The van der Waals surface area contributed by atoms with E-state index >= 15 is 0 Å². The lowest BCUT2D eigenvalue weighted by Crippen LogP contribution is -2.39. The Morgan fingerprint density at radius 3 is 2.44 bits per heavy atom. The van der Waals surface area contributed by atoms with Gasteiger partial charge in [0.15, 0.2) is 0 Å². The van der Waals surface area contributed by atoms with Gasteiger partial charge in [0.25, 0.3) is 0 Å². The Balaban J connectivity index is 2.76. The van der Waals surface area contributed by atoms with E-state index in [1.165, 1.54) is 0 Å². The maximum absolute atomic E-state index is 5.91. The van der Waals surface area contributed by atoms with Crippen molar-refractivity contribution < 1.29 is 4.74 Å². The van der Waals surface area contributed by atoms with Crippen molar-refractivity contribution >= 4 is 5.95 Å². The lowest BCUT2D eigenvalue weighted by Gasteiger charge is -2.21. The molecule has 0 saturated carbocycles. The molecule has 0 saturated heterocycles. The molecule has 0 fully saturated rings. The van der Waals surface area contributed by atoms with Crippen LogP contribution in [0.1, 0.15) is 25.2 Å². The number of ether oxygens (including phenoxy) is 1. The third-order valence-electron chi connectivity index (χ3n) is 2.73. The fourth-order valence-corrected chi connectivity index (χ4v) is 1.79. The van der Waals surface area contributed by atoms with Crippen molar-refractivity contribution in [2.24, 2.45) is 5.73 Å². The zero-order valence-electron chi connectivity index (χ0n) is 11.7. The smallest absolute Gasteiger partial charge is 0.245 e. The third kappa shape index (κ3) is 3.89. The molecule has 1 atom stereocenters. The van der Waals surface area contributed by atoms with Gasteiger partial charge in [-0.2, -0.15) is 5.10 Å². The Hall–Kier alpha value is -1.27. The number of anilines is 1. The zero-order valence-corrected chi connectivity index (χ0v) is 11.7. The van der Waals surface area contributed by atoms with Crippen LogP contribution in [-0.2, 0) is 17.6 Å². The molecule has 6 nitrogen and oxygen atoms in total. The van der Waals surface area contributed by atoms with Crippen molar-refractivity contribution in [3.8, 4) is 0 Å². The highest BCUT2D eigenvalue weighted by molar-refractivity contribution is 5.29. The Bertz CT molecular complexity index is 371. The first-order valence-electron chi connectivity index (χ1n) is 6.30. The number of hydrogen-bond acceptors (Lipinski definition) is 6. The highest BCUT2D eigenvalue weighted by Crippen LogP contribution is 2.09. The summed E-state index contributed by atoms with van der Waals surface area (Å²) >= 11 is 0. The van der Waals surface area contributed by atoms with E-state index in [0.29, 0.717) is 19.1 Å². The fourth-order valence-electron chi connectivity index (χ4n) is 1.79. The van der Waals surface area contributed by atoms with Crippen molar-refractivity contribution in [2.75, 3.05) is 32.2 Å². The van der Waals surface area contributed by atoms with Crippen LogP contribution in [0.4, 0.5) is 5.95 Å². The average Bonchev–Trinajstić information content (AvgIpc) is 2.38. The van der Waals surface area contributed by atoms with E-state index in [9.17, 15) is 0 Å². The van der Waals surface area contributed by atoms with Crippen LogP contribution in [-0.4, -0.2) is 48.5 Å². The van der Waals surface area contributed by atoms with E-state index in [0.717, 1.165) is 24.2 Å². The first-order chi connectivity index (χ1) is 8.62. The van der Waals surface area contributed by atoms with Crippen molar-refractivity contribution in [3.63, 3.8) is 0 Å². The summed E-state index contributed by atoms with van der Waals surface area (Å²) in [5.41, 5.74) is 7.88. The van der Waals surface area contributed by atoms with Crippen LogP contribution in [0.3, 0.4) is 0 Å². The van der Waals surface area contributed by atoms with E-state index in [1.54, 1.807) is 7.11 Å². The standard InChI is InChI=1S/C12H23N5O/c1-5-10-11(6-2)15-16-12(14-10)17(3)7-9(13)8-18-4/h9H,5-8,13H2,1-4H3. The molecule has 0 aliphatic heterocycles. The fraction of sp³-hybridized carbons (Fsp3) is 0.750. The molecule has 0 aliphatic rings. The number of nitrogens with zero attached hydrogens (tertiary/aromatic N) is 4. The SMILES string of the molecule is CCc1nnc(N(C)CC(N)COC)nc1CC. The van der Waals surface area contributed by atoms with Gasteiger partial charge < -0.3 is 15.4 Å². The van der Waals surface area contributed by atoms with Crippen LogP contribution in [0, 0.1) is 0 Å². The first-order valence-corrected chi connectivity index (χ1v) is 6.30. The Morgan fingerprint density at radius 1 is 1.22 bits per heavy atom. The summed E-state index contributed by atoms with van der Waals surface area (Å²) in [6, 6.07) is -0.0560. The average molecular weight is 253 g/mol. The molecule has 0 aliphatic carbocycles. The molecular formula is C12H23N5O. The van der Waals surface area contributed by atoms with Gasteiger partial charge in [-0.3, -0.25) is 0 Å². The van der Waals surface area contributed by atoms with Crippen molar-refractivity contribution in [1.82, 2.24) is 15.2 Å². The third-order valence-corrected chi connectivity index (χ3v) is 2.73. The summed E-state index contributed by atoms with van der Waals surface area (Å²) in [4.78, 5) is 6.44. The summed E-state index contributed by atoms with van der Waals surface area (Å²) in [6.07, 6.45) is 1.72. The van der Waals surface area contributed by atoms with Gasteiger partial charge in [-0.25, -0.2) is 4.98 Å². The van der Waals surface area contributed by atoms with Gasteiger partial charge in [0.2, 0.25) is 5.95 Å². The second-order valence-electron chi connectivity index (χ2n) is 4.31. The number of hydrogen-bond donors (Lipinski definition) is 1. The quantitative estimate of drug-likeness (QED) is 0.758. The summed E-state index contributed by atoms with van der Waals surface area (Å²) in [6.45, 7) is 5.29. The molecule has 1 aromatic heterocycles. The molecular weight excluding hydrogens is 230 g/mol. The van der Waals surface area contributed by atoms with Crippen molar-refractivity contribution in [2.45, 2.75) is 32.7 Å². The van der Waals surface area contributed by atoms with Gasteiger partial charge in [0.05, 0.1) is 18.0 Å². The normalized spacial score (nSPS) is 12.5. The molecule has 0 bridgehead atoms. The van der Waals surface area contributed by atoms with Gasteiger partial charge in [0.1, 0.15) is 0 Å². The summed E-state index contributed by atoms with van der Waals surface area (Å²) in [5, 5.41) is 8.36. The molecule has 18 heavy (non-hydrogen) atoms. The van der Waals surface area contributed by atoms with Gasteiger partial charge in [0, 0.05) is 26.7 Å². The summed E-state index contributed by atoms with van der Waals surface area (Å²) < 4.78 is 5.01. The summed E-state index contributed by atoms with van der Waals surface area (Å²) in [7, 11) is 3.56. The Labute approximate surface area is 109 Å². The van der Waals surface area contributed by atoms with Gasteiger partial charge in [-0.1, -0.05) is 13.8 Å². The Kier molecular flexibility index (Phi) is 5.94. The number of aromatic nitrogens is 3. The minimum Gasteiger partial charge on any atom is -0.383 e. The first kappa shape index (κ1) is 14.8. The van der Waals surface area contributed by atoms with Gasteiger partial charge in [-0.05, 0) is 12.8 Å². The van der Waals surface area contributed by atoms with E-state index in [4.69, 9.17) is 10.5 Å². The van der Waals surface area contributed by atoms with Crippen LogP contribution in [0.5, 0.6) is 0 Å². The molecule has 1 heterocycles. The molecule has 1 unspecified atom stereocenters. The lowest BCUT2D eigenvalue weighted by molar-refractivity contribution is 0.181. The topological polar surface area (TPSA) is 77.2 Å². The molecule has 6 heteroatoms. The van der Waals surface area contributed by atoms with Crippen molar-refractivity contribution in [1.29, 1.82) is 0 Å². The van der Waals surface area contributed by atoms with Crippen LogP contribution >= 0.6 is 0 Å². The molecule has 102 valence electrons. The highest BCUT2D eigenvalue weighted by Gasteiger charge is 2.12. The van der Waals surface area contributed by atoms with E-state index in [-0.39, 0.29) is 6.04 Å². The lowest BCUT2D eigenvalue weighted by atomic mass is 10.2. The Morgan fingerprint density at radius 2 is 1.89 bits per heavy atom. The van der Waals surface area contributed by atoms with Crippen LogP contribution in [0.2, 0.25) is 0 Å². The number of likely N-dealkylation sites (N-methyl/N-ethyl adjacent to an activating group) is 1. The minimum absolute atomic E-state index is 0.0560.